The highest BCUT2D eigenvalue weighted by atomic mass is 16.5. The number of benzene rings is 1. The van der Waals surface area contributed by atoms with Crippen molar-refractivity contribution >= 4 is 23.5 Å². The Labute approximate surface area is 183 Å². The average Bonchev–Trinajstić information content (AvgIpc) is 2.84. The molecule has 0 atom stereocenters. The predicted octanol–water partition coefficient (Wildman–Crippen LogP) is 2.84. The highest BCUT2D eigenvalue weighted by molar-refractivity contribution is 5.90. The van der Waals surface area contributed by atoms with E-state index in [9.17, 15) is 4.79 Å². The summed E-state index contributed by atoms with van der Waals surface area (Å²) in [6.45, 7) is 4.76. The maximum Gasteiger partial charge on any atom is 0.321 e. The Morgan fingerprint density at radius 1 is 0.903 bits per heavy atom. The lowest BCUT2D eigenvalue weighted by atomic mass is 10.1. The molecule has 3 heterocycles. The summed E-state index contributed by atoms with van der Waals surface area (Å²) < 4.78 is 10.6. The molecule has 9 heteroatoms. The van der Waals surface area contributed by atoms with E-state index in [-0.39, 0.29) is 6.03 Å². The Morgan fingerprint density at radius 2 is 1.65 bits per heavy atom. The lowest BCUT2D eigenvalue weighted by molar-refractivity contribution is 0.208. The first-order chi connectivity index (χ1) is 15.2. The maximum atomic E-state index is 12.7. The van der Waals surface area contributed by atoms with Crippen LogP contribution in [-0.4, -0.2) is 74.4 Å². The molecule has 0 spiro atoms. The van der Waals surface area contributed by atoms with Crippen molar-refractivity contribution < 1.29 is 14.3 Å². The van der Waals surface area contributed by atoms with Crippen LogP contribution in [0.2, 0.25) is 0 Å². The molecule has 1 aromatic carbocycles. The smallest absolute Gasteiger partial charge is 0.321 e. The van der Waals surface area contributed by atoms with Gasteiger partial charge in [-0.1, -0.05) is 0 Å². The number of hydrogen-bond donors (Lipinski definition) is 1. The Bertz CT molecular complexity index is 895. The van der Waals surface area contributed by atoms with E-state index in [0.717, 1.165) is 37.9 Å². The normalized spacial score (nSPS) is 16.8. The molecular weight excluding hydrogens is 396 g/mol. The van der Waals surface area contributed by atoms with E-state index >= 15 is 0 Å². The molecule has 0 saturated carbocycles. The molecule has 0 aliphatic carbocycles. The van der Waals surface area contributed by atoms with Gasteiger partial charge >= 0.3 is 6.03 Å². The van der Waals surface area contributed by atoms with Crippen molar-refractivity contribution in [3.05, 3.63) is 30.5 Å². The number of rotatable bonds is 5. The number of amides is 2. The second-order valence-corrected chi connectivity index (χ2v) is 7.74. The van der Waals surface area contributed by atoms with Crippen molar-refractivity contribution in [3.63, 3.8) is 0 Å². The van der Waals surface area contributed by atoms with Crippen LogP contribution >= 0.6 is 0 Å². The van der Waals surface area contributed by atoms with E-state index in [1.54, 1.807) is 32.4 Å². The van der Waals surface area contributed by atoms with Crippen LogP contribution in [0.5, 0.6) is 11.5 Å². The Kier molecular flexibility index (Phi) is 6.59. The monoisotopic (exact) mass is 426 g/mol. The predicted molar refractivity (Wildman–Crippen MR) is 120 cm³/mol. The first kappa shape index (κ1) is 21.0. The van der Waals surface area contributed by atoms with Crippen LogP contribution in [0.3, 0.4) is 0 Å². The van der Waals surface area contributed by atoms with E-state index < -0.39 is 0 Å². The number of ether oxygens (including phenoxy) is 2. The highest BCUT2D eigenvalue weighted by Crippen LogP contribution is 2.30. The van der Waals surface area contributed by atoms with E-state index in [1.165, 1.54) is 19.3 Å². The van der Waals surface area contributed by atoms with E-state index in [2.05, 4.69) is 20.1 Å². The number of carbonyl (C=O) groups excluding carboxylic acids is 1. The summed E-state index contributed by atoms with van der Waals surface area (Å²) in [6.07, 6.45) is 5.51. The maximum absolute atomic E-state index is 12.7. The van der Waals surface area contributed by atoms with E-state index in [1.807, 2.05) is 17.2 Å². The molecule has 0 unspecified atom stereocenters. The summed E-state index contributed by atoms with van der Waals surface area (Å²) in [6, 6.07) is 7.17. The second-order valence-electron chi connectivity index (χ2n) is 7.74. The zero-order valence-corrected chi connectivity index (χ0v) is 18.2. The van der Waals surface area contributed by atoms with Gasteiger partial charge in [0.25, 0.3) is 0 Å². The lowest BCUT2D eigenvalue weighted by Gasteiger charge is -2.35. The first-order valence-corrected chi connectivity index (χ1v) is 10.8. The average molecular weight is 427 g/mol. The topological polar surface area (TPSA) is 83.1 Å². The molecule has 0 bridgehead atoms. The number of methoxy groups -OCH3 is 2. The van der Waals surface area contributed by atoms with Gasteiger partial charge in [0.15, 0.2) is 11.5 Å². The van der Waals surface area contributed by atoms with Crippen molar-refractivity contribution in [1.82, 2.24) is 14.9 Å². The van der Waals surface area contributed by atoms with Crippen LogP contribution in [0, 0.1) is 0 Å². The minimum absolute atomic E-state index is 0.122. The molecule has 2 amide bonds. The van der Waals surface area contributed by atoms with Crippen molar-refractivity contribution in [2.24, 2.45) is 0 Å². The van der Waals surface area contributed by atoms with Gasteiger partial charge < -0.3 is 29.5 Å². The summed E-state index contributed by atoms with van der Waals surface area (Å²) in [5.74, 6) is 2.95. The fourth-order valence-electron chi connectivity index (χ4n) is 4.02. The zero-order chi connectivity index (χ0) is 21.6. The molecule has 1 aromatic heterocycles. The molecule has 9 nitrogen and oxygen atoms in total. The first-order valence-electron chi connectivity index (χ1n) is 10.8. The third kappa shape index (κ3) is 4.92. The zero-order valence-electron chi connectivity index (χ0n) is 18.2. The number of piperazine rings is 1. The number of aromatic nitrogens is 2. The number of urea groups is 1. The summed E-state index contributed by atoms with van der Waals surface area (Å²) in [7, 11) is 3.16. The molecule has 2 aliphatic heterocycles. The van der Waals surface area contributed by atoms with Gasteiger partial charge in [0, 0.05) is 57.2 Å². The van der Waals surface area contributed by atoms with E-state index in [0.29, 0.717) is 30.3 Å². The fourth-order valence-corrected chi connectivity index (χ4v) is 4.02. The van der Waals surface area contributed by atoms with Gasteiger partial charge in [-0.3, -0.25) is 0 Å². The van der Waals surface area contributed by atoms with Gasteiger partial charge in [-0.2, -0.15) is 4.98 Å². The Balaban J connectivity index is 1.34. The molecule has 2 saturated heterocycles. The summed E-state index contributed by atoms with van der Waals surface area (Å²) in [5, 5.41) is 2.95. The molecule has 0 radical (unpaired) electrons. The number of carbonyl (C=O) groups is 1. The molecule has 2 fully saturated rings. The lowest BCUT2D eigenvalue weighted by Crippen LogP contribution is -2.50. The van der Waals surface area contributed by atoms with Gasteiger partial charge in [-0.05, 0) is 37.5 Å². The van der Waals surface area contributed by atoms with Gasteiger partial charge in [-0.15, -0.1) is 0 Å². The molecule has 31 heavy (non-hydrogen) atoms. The number of anilines is 3. The summed E-state index contributed by atoms with van der Waals surface area (Å²) >= 11 is 0. The second kappa shape index (κ2) is 9.72. The number of piperidine rings is 1. The number of nitrogens with zero attached hydrogens (tertiary/aromatic N) is 5. The van der Waals surface area contributed by atoms with Crippen LogP contribution in [0.25, 0.3) is 0 Å². The van der Waals surface area contributed by atoms with E-state index in [4.69, 9.17) is 14.5 Å². The molecular formula is C22H30N6O3. The van der Waals surface area contributed by atoms with Crippen molar-refractivity contribution in [1.29, 1.82) is 0 Å². The van der Waals surface area contributed by atoms with Crippen molar-refractivity contribution in [3.8, 4) is 11.5 Å². The van der Waals surface area contributed by atoms with Crippen molar-refractivity contribution in [2.45, 2.75) is 19.3 Å². The third-order valence-electron chi connectivity index (χ3n) is 5.79. The molecule has 166 valence electrons. The summed E-state index contributed by atoms with van der Waals surface area (Å²) in [5.41, 5.74) is 0.673. The van der Waals surface area contributed by atoms with Crippen molar-refractivity contribution in [2.75, 3.05) is 68.6 Å². The highest BCUT2D eigenvalue weighted by Gasteiger charge is 2.23. The fraction of sp³-hybridized carbons (Fsp3) is 0.500. The van der Waals surface area contributed by atoms with Gasteiger partial charge in [0.2, 0.25) is 5.95 Å². The molecule has 2 aromatic rings. The largest absolute Gasteiger partial charge is 0.493 e. The molecule has 4 rings (SSSR count). The third-order valence-corrected chi connectivity index (χ3v) is 5.79. The Morgan fingerprint density at radius 3 is 2.35 bits per heavy atom. The summed E-state index contributed by atoms with van der Waals surface area (Å²) in [4.78, 5) is 28.3. The number of hydrogen-bond acceptors (Lipinski definition) is 7. The quantitative estimate of drug-likeness (QED) is 0.787. The number of nitrogens with one attached hydrogen (secondary N) is 1. The van der Waals surface area contributed by atoms with Crippen LogP contribution < -0.4 is 24.6 Å². The molecule has 1 N–H and O–H groups in total. The van der Waals surface area contributed by atoms with Gasteiger partial charge in [-0.25, -0.2) is 9.78 Å². The SMILES string of the molecule is COc1ccc(NC(=O)N2CCN(c3ccnc(N4CCCCC4)n3)CC2)cc1OC. The minimum atomic E-state index is -0.122. The van der Waals surface area contributed by atoms with Gasteiger partial charge in [0.05, 0.1) is 14.2 Å². The van der Waals surface area contributed by atoms with Crippen LogP contribution in [0.1, 0.15) is 19.3 Å². The standard InChI is InChI=1S/C22H30N6O3/c1-30-18-7-6-17(16-19(18)31-2)24-22(29)28-14-12-26(13-15-28)20-8-9-23-21(25-20)27-10-4-3-5-11-27/h6-9,16H,3-5,10-15H2,1-2H3,(H,24,29). The molecule has 2 aliphatic rings. The van der Waals surface area contributed by atoms with Crippen LogP contribution in [-0.2, 0) is 0 Å². The van der Waals surface area contributed by atoms with Gasteiger partial charge in [0.1, 0.15) is 5.82 Å². The van der Waals surface area contributed by atoms with Crippen LogP contribution in [0.15, 0.2) is 30.5 Å². The Hall–Kier alpha value is -3.23. The van der Waals surface area contributed by atoms with Crippen LogP contribution in [0.4, 0.5) is 22.2 Å². The minimum Gasteiger partial charge on any atom is -0.493 e.